The molecule has 2 aliphatic heterocycles. The lowest BCUT2D eigenvalue weighted by molar-refractivity contribution is 0.0714. The third-order valence-electron chi connectivity index (χ3n) is 5.20. The van der Waals surface area contributed by atoms with Crippen LogP contribution in [0.4, 0.5) is 5.00 Å². The van der Waals surface area contributed by atoms with E-state index < -0.39 is 0 Å². The minimum Gasteiger partial charge on any atom is -0.378 e. The molecule has 0 aliphatic carbocycles. The molecule has 1 N–H and O–H groups in total. The van der Waals surface area contributed by atoms with E-state index in [1.807, 2.05) is 31.2 Å². The molecule has 2 aliphatic rings. The van der Waals surface area contributed by atoms with Crippen molar-refractivity contribution in [2.45, 2.75) is 31.9 Å². The number of nitrogens with zero attached hydrogens (tertiary/aromatic N) is 1. The molecular weight excluding hydrogens is 360 g/mol. The molecule has 6 heteroatoms. The smallest absolute Gasteiger partial charge is 0.261 e. The van der Waals surface area contributed by atoms with Gasteiger partial charge in [-0.25, -0.2) is 0 Å². The summed E-state index contributed by atoms with van der Waals surface area (Å²) in [4.78, 5) is 16.0. The van der Waals surface area contributed by atoms with Gasteiger partial charge in [-0.3, -0.25) is 4.79 Å². The Morgan fingerprint density at radius 1 is 1.22 bits per heavy atom. The summed E-state index contributed by atoms with van der Waals surface area (Å²) in [6, 6.07) is 12.3. The zero-order valence-electron chi connectivity index (χ0n) is 15.6. The molecule has 5 nitrogen and oxygen atoms in total. The largest absolute Gasteiger partial charge is 0.378 e. The Balaban J connectivity index is 1.59. The van der Waals surface area contributed by atoms with Crippen molar-refractivity contribution in [1.29, 1.82) is 0 Å². The Hall–Kier alpha value is -1.89. The van der Waals surface area contributed by atoms with Crippen molar-refractivity contribution in [2.75, 3.05) is 37.8 Å². The Morgan fingerprint density at radius 3 is 2.70 bits per heavy atom. The molecule has 2 unspecified atom stereocenters. The van der Waals surface area contributed by atoms with Crippen LogP contribution in [0.25, 0.3) is 11.1 Å². The Morgan fingerprint density at radius 2 is 2.00 bits per heavy atom. The van der Waals surface area contributed by atoms with Gasteiger partial charge < -0.3 is 19.7 Å². The van der Waals surface area contributed by atoms with Gasteiger partial charge in [0.25, 0.3) is 5.91 Å². The molecule has 2 atom stereocenters. The predicted octanol–water partition coefficient (Wildman–Crippen LogP) is 3.55. The van der Waals surface area contributed by atoms with Crippen LogP contribution in [0, 0.1) is 0 Å². The zero-order chi connectivity index (χ0) is 18.6. The second-order valence-electron chi connectivity index (χ2n) is 7.11. The number of ether oxygens (including phenoxy) is 2. The third kappa shape index (κ3) is 4.18. The SMILES string of the molecule is CC(NC(=O)c1cc(-c2ccccc2)c(N2CCOCC2)s1)C1CCCO1. The number of amides is 1. The van der Waals surface area contributed by atoms with Crippen molar-refractivity contribution in [1.82, 2.24) is 5.32 Å². The topological polar surface area (TPSA) is 50.8 Å². The fourth-order valence-corrected chi connectivity index (χ4v) is 4.82. The van der Waals surface area contributed by atoms with Crippen LogP contribution in [0.3, 0.4) is 0 Å². The number of benzene rings is 1. The average molecular weight is 387 g/mol. The van der Waals surface area contributed by atoms with E-state index >= 15 is 0 Å². The van der Waals surface area contributed by atoms with Crippen LogP contribution in [0.1, 0.15) is 29.4 Å². The normalized spacial score (nSPS) is 21.2. The lowest BCUT2D eigenvalue weighted by Crippen LogP contribution is -2.40. The number of thiophene rings is 1. The second-order valence-corrected chi connectivity index (χ2v) is 8.14. The first-order chi connectivity index (χ1) is 13.2. The number of hydrogen-bond acceptors (Lipinski definition) is 5. The molecule has 0 radical (unpaired) electrons. The maximum atomic E-state index is 12.9. The standard InChI is InChI=1S/C21H26N2O3S/c1-15(18-8-5-11-26-18)22-20(24)19-14-17(16-6-3-2-4-7-16)21(27-19)23-9-12-25-13-10-23/h2-4,6-7,14-15,18H,5,8-13H2,1H3,(H,22,24). The number of carbonyl (C=O) groups is 1. The van der Waals surface area contributed by atoms with Gasteiger partial charge in [0.15, 0.2) is 0 Å². The summed E-state index contributed by atoms with van der Waals surface area (Å²) in [5.74, 6) is -0.0142. The molecule has 1 aromatic heterocycles. The van der Waals surface area contributed by atoms with Gasteiger partial charge in [0, 0.05) is 25.3 Å². The maximum absolute atomic E-state index is 12.9. The summed E-state index contributed by atoms with van der Waals surface area (Å²) in [6.45, 7) is 5.99. The van der Waals surface area contributed by atoms with Crippen LogP contribution < -0.4 is 10.2 Å². The van der Waals surface area contributed by atoms with Crippen LogP contribution in [-0.4, -0.2) is 51.0 Å². The van der Waals surface area contributed by atoms with E-state index in [9.17, 15) is 4.79 Å². The lowest BCUT2D eigenvalue weighted by Gasteiger charge is -2.28. The molecule has 27 heavy (non-hydrogen) atoms. The van der Waals surface area contributed by atoms with E-state index in [1.54, 1.807) is 11.3 Å². The predicted molar refractivity (Wildman–Crippen MR) is 109 cm³/mol. The van der Waals surface area contributed by atoms with Gasteiger partial charge in [-0.2, -0.15) is 0 Å². The van der Waals surface area contributed by atoms with Crippen molar-refractivity contribution in [2.24, 2.45) is 0 Å². The van der Waals surface area contributed by atoms with Gasteiger partial charge in [0.05, 0.1) is 35.2 Å². The van der Waals surface area contributed by atoms with Crippen LogP contribution in [-0.2, 0) is 9.47 Å². The monoisotopic (exact) mass is 386 g/mol. The maximum Gasteiger partial charge on any atom is 0.261 e. The number of anilines is 1. The summed E-state index contributed by atoms with van der Waals surface area (Å²) < 4.78 is 11.2. The third-order valence-corrected chi connectivity index (χ3v) is 6.40. The number of carbonyl (C=O) groups excluding carboxylic acids is 1. The lowest BCUT2D eigenvalue weighted by atomic mass is 10.1. The molecule has 2 saturated heterocycles. The van der Waals surface area contributed by atoms with Gasteiger partial charge in [0.1, 0.15) is 0 Å². The Bertz CT molecular complexity index is 765. The first-order valence-corrected chi connectivity index (χ1v) is 10.5. The van der Waals surface area contributed by atoms with Gasteiger partial charge >= 0.3 is 0 Å². The first-order valence-electron chi connectivity index (χ1n) is 9.67. The number of nitrogens with one attached hydrogen (secondary N) is 1. The van der Waals surface area contributed by atoms with Crippen molar-refractivity contribution in [3.05, 3.63) is 41.3 Å². The van der Waals surface area contributed by atoms with Gasteiger partial charge in [-0.15, -0.1) is 11.3 Å². The van der Waals surface area contributed by atoms with E-state index in [1.165, 1.54) is 0 Å². The summed E-state index contributed by atoms with van der Waals surface area (Å²) in [6.07, 6.45) is 2.21. The van der Waals surface area contributed by atoms with E-state index in [-0.39, 0.29) is 18.1 Å². The summed E-state index contributed by atoms with van der Waals surface area (Å²) in [7, 11) is 0. The van der Waals surface area contributed by atoms with Gasteiger partial charge in [-0.1, -0.05) is 30.3 Å². The van der Waals surface area contributed by atoms with E-state index in [0.717, 1.165) is 66.8 Å². The molecule has 4 rings (SSSR count). The van der Waals surface area contributed by atoms with E-state index in [4.69, 9.17) is 9.47 Å². The molecule has 144 valence electrons. The zero-order valence-corrected chi connectivity index (χ0v) is 16.5. The molecule has 3 heterocycles. The summed E-state index contributed by atoms with van der Waals surface area (Å²) in [5, 5.41) is 4.29. The van der Waals surface area contributed by atoms with Gasteiger partial charge in [0.2, 0.25) is 0 Å². The minimum atomic E-state index is -0.0142. The van der Waals surface area contributed by atoms with Crippen LogP contribution >= 0.6 is 11.3 Å². The molecule has 1 amide bonds. The molecular formula is C21H26N2O3S. The highest BCUT2D eigenvalue weighted by atomic mass is 32.1. The average Bonchev–Trinajstić information content (AvgIpc) is 3.40. The molecule has 2 fully saturated rings. The summed E-state index contributed by atoms with van der Waals surface area (Å²) >= 11 is 1.57. The van der Waals surface area contributed by atoms with E-state index in [2.05, 4.69) is 22.3 Å². The highest BCUT2D eigenvalue weighted by Gasteiger charge is 2.26. The minimum absolute atomic E-state index is 0.0142. The molecule has 0 bridgehead atoms. The highest BCUT2D eigenvalue weighted by Crippen LogP contribution is 2.39. The summed E-state index contributed by atoms with van der Waals surface area (Å²) in [5.41, 5.74) is 2.26. The number of hydrogen-bond donors (Lipinski definition) is 1. The number of morpholine rings is 1. The van der Waals surface area contributed by atoms with Crippen molar-refractivity contribution in [3.8, 4) is 11.1 Å². The van der Waals surface area contributed by atoms with Crippen molar-refractivity contribution in [3.63, 3.8) is 0 Å². The Labute approximate surface area is 164 Å². The molecule has 0 spiro atoms. The van der Waals surface area contributed by atoms with Gasteiger partial charge in [-0.05, 0) is 31.4 Å². The quantitative estimate of drug-likeness (QED) is 0.854. The van der Waals surface area contributed by atoms with E-state index in [0.29, 0.717) is 0 Å². The van der Waals surface area contributed by atoms with Crippen LogP contribution in [0.5, 0.6) is 0 Å². The fraction of sp³-hybridized carbons (Fsp3) is 0.476. The van der Waals surface area contributed by atoms with Crippen LogP contribution in [0.2, 0.25) is 0 Å². The number of rotatable bonds is 5. The van der Waals surface area contributed by atoms with Crippen molar-refractivity contribution >= 4 is 22.2 Å². The molecule has 1 aromatic carbocycles. The van der Waals surface area contributed by atoms with Crippen LogP contribution in [0.15, 0.2) is 36.4 Å². The van der Waals surface area contributed by atoms with Crippen molar-refractivity contribution < 1.29 is 14.3 Å². The molecule has 2 aromatic rings. The first kappa shape index (κ1) is 18.5. The second kappa shape index (κ2) is 8.42. The Kier molecular flexibility index (Phi) is 5.76. The highest BCUT2D eigenvalue weighted by molar-refractivity contribution is 7.18. The fourth-order valence-electron chi connectivity index (χ4n) is 3.69. The molecule has 0 saturated carbocycles.